The molecule has 2 aromatic rings. The van der Waals surface area contributed by atoms with Crippen LogP contribution in [-0.4, -0.2) is 60.0 Å². The average Bonchev–Trinajstić information content (AvgIpc) is 3.43. The van der Waals surface area contributed by atoms with E-state index in [1.54, 1.807) is 0 Å². The molecule has 0 amide bonds. The van der Waals surface area contributed by atoms with Gasteiger partial charge in [0.1, 0.15) is 12.1 Å². The Labute approximate surface area is 235 Å². The molecule has 3 fully saturated rings. The molecule has 0 spiro atoms. The molecule has 0 radical (unpaired) electrons. The minimum absolute atomic E-state index is 0.0571. The summed E-state index contributed by atoms with van der Waals surface area (Å²) >= 11 is 14.5. The van der Waals surface area contributed by atoms with Gasteiger partial charge in [-0.1, -0.05) is 11.6 Å². The van der Waals surface area contributed by atoms with E-state index in [1.165, 1.54) is 23.9 Å². The molecule has 2 aliphatic carbocycles. The Morgan fingerprint density at radius 2 is 2.11 bits per heavy atom. The zero-order valence-corrected chi connectivity index (χ0v) is 23.7. The van der Waals surface area contributed by atoms with Crippen LogP contribution in [0.15, 0.2) is 18.6 Å². The monoisotopic (exact) mass is 603 g/mol. The first-order valence-electron chi connectivity index (χ1n) is 12.7. The van der Waals surface area contributed by atoms with Crippen LogP contribution in [0, 0.1) is 17.8 Å². The van der Waals surface area contributed by atoms with Gasteiger partial charge < -0.3 is 15.7 Å². The van der Waals surface area contributed by atoms with Gasteiger partial charge in [-0.3, -0.25) is 8.98 Å². The van der Waals surface area contributed by atoms with Crippen molar-refractivity contribution in [2.75, 3.05) is 18.5 Å². The van der Waals surface area contributed by atoms with Crippen molar-refractivity contribution in [3.63, 3.8) is 0 Å². The van der Waals surface area contributed by atoms with Crippen LogP contribution in [0.25, 0.3) is 0 Å². The van der Waals surface area contributed by atoms with Crippen LogP contribution in [0.4, 0.5) is 5.82 Å². The number of ketones is 1. The van der Waals surface area contributed by atoms with Crippen molar-refractivity contribution in [3.8, 4) is 0 Å². The molecule has 7 atom stereocenters. The second kappa shape index (κ2) is 11.6. The van der Waals surface area contributed by atoms with E-state index in [0.717, 1.165) is 37.8 Å². The van der Waals surface area contributed by atoms with Crippen molar-refractivity contribution in [1.29, 1.82) is 0 Å². The van der Waals surface area contributed by atoms with Gasteiger partial charge in [0.05, 0.1) is 27.5 Å². The first kappa shape index (κ1) is 28.2. The van der Waals surface area contributed by atoms with Gasteiger partial charge in [0.15, 0.2) is 0 Å². The molecule has 0 aromatic carbocycles. The number of alkyl halides is 1. The lowest BCUT2D eigenvalue weighted by atomic mass is 9.70. The number of hydrogen-bond donors (Lipinski definition) is 4. The van der Waals surface area contributed by atoms with Crippen LogP contribution >= 0.6 is 34.5 Å². The Balaban J connectivity index is 1.31. The molecule has 2 saturated carbocycles. The summed E-state index contributed by atoms with van der Waals surface area (Å²) in [4.78, 5) is 22.4. The van der Waals surface area contributed by atoms with Crippen LogP contribution in [-0.2, 0) is 14.5 Å². The summed E-state index contributed by atoms with van der Waals surface area (Å²) in [6.07, 6.45) is 6.99. The number of rotatable bonds is 8. The minimum atomic E-state index is -4.10. The predicted octanol–water partition coefficient (Wildman–Crippen LogP) is 3.25. The van der Waals surface area contributed by atoms with Crippen LogP contribution in [0.1, 0.15) is 65.4 Å². The molecule has 0 bridgehead atoms. The number of piperidine rings is 1. The summed E-state index contributed by atoms with van der Waals surface area (Å²) in [6.45, 7) is 0.692. The molecule has 3 aliphatic rings. The summed E-state index contributed by atoms with van der Waals surface area (Å²) in [5.41, 5.74) is 1.23. The minimum Gasteiger partial charge on any atom is -0.393 e. The zero-order chi connectivity index (χ0) is 27.0. The van der Waals surface area contributed by atoms with Gasteiger partial charge in [0.25, 0.3) is 0 Å². The highest BCUT2D eigenvalue weighted by molar-refractivity contribution is 7.84. The molecule has 5 N–H and O–H groups in total. The molecular formula is C24H31Cl2N5O5S2. The largest absolute Gasteiger partial charge is 0.393 e. The quantitative estimate of drug-likeness (QED) is 0.262. The van der Waals surface area contributed by atoms with E-state index in [4.69, 9.17) is 28.3 Å². The second-order valence-corrected chi connectivity index (χ2v) is 13.9. The van der Waals surface area contributed by atoms with Gasteiger partial charge in [-0.25, -0.2) is 15.1 Å². The van der Waals surface area contributed by atoms with Gasteiger partial charge >= 0.3 is 10.3 Å². The van der Waals surface area contributed by atoms with Crippen LogP contribution in [0.5, 0.6) is 0 Å². The van der Waals surface area contributed by atoms with E-state index < -0.39 is 22.3 Å². The molecule has 208 valence electrons. The highest BCUT2D eigenvalue weighted by atomic mass is 35.5. The molecule has 3 heterocycles. The Bertz CT molecular complexity index is 1280. The number of carbonyl (C=O) groups excluding carboxylic acids is 1. The smallest absolute Gasteiger partial charge is 0.333 e. The molecular weight excluding hydrogens is 573 g/mol. The maximum Gasteiger partial charge on any atom is 0.333 e. The lowest BCUT2D eigenvalue weighted by Gasteiger charge is -2.43. The third-order valence-corrected chi connectivity index (χ3v) is 10.2. The Morgan fingerprint density at radius 1 is 1.29 bits per heavy atom. The number of aliphatic hydroxyl groups is 1. The number of fused-ring (bicyclic) bond motifs is 1. The molecule has 14 heteroatoms. The van der Waals surface area contributed by atoms with Crippen LogP contribution in [0.3, 0.4) is 0 Å². The van der Waals surface area contributed by atoms with Gasteiger partial charge in [-0.05, 0) is 68.5 Å². The van der Waals surface area contributed by atoms with Crippen LogP contribution < -0.4 is 15.8 Å². The summed E-state index contributed by atoms with van der Waals surface area (Å²) in [5, 5.41) is 22.3. The third kappa shape index (κ3) is 6.33. The summed E-state index contributed by atoms with van der Waals surface area (Å²) in [6, 6.07) is 1.69. The normalized spacial score (nSPS) is 31.6. The van der Waals surface area contributed by atoms with Gasteiger partial charge in [-0.2, -0.15) is 8.42 Å². The van der Waals surface area contributed by atoms with E-state index in [2.05, 4.69) is 24.8 Å². The number of nitrogens with one attached hydrogen (secondary N) is 2. The van der Waals surface area contributed by atoms with Gasteiger partial charge in [-0.15, -0.1) is 22.9 Å². The lowest BCUT2D eigenvalue weighted by molar-refractivity contribution is 0.101. The number of carbonyl (C=O) groups is 1. The van der Waals surface area contributed by atoms with Crippen molar-refractivity contribution < 1.29 is 22.5 Å². The van der Waals surface area contributed by atoms with Crippen molar-refractivity contribution in [3.05, 3.63) is 38.9 Å². The summed E-state index contributed by atoms with van der Waals surface area (Å²) in [5.74, 6) is 0.655. The van der Waals surface area contributed by atoms with Crippen molar-refractivity contribution in [2.45, 2.75) is 62.1 Å². The van der Waals surface area contributed by atoms with Crippen molar-refractivity contribution in [1.82, 2.24) is 15.3 Å². The number of aromatic nitrogens is 2. The lowest BCUT2D eigenvalue weighted by Crippen LogP contribution is -2.43. The van der Waals surface area contributed by atoms with Crippen LogP contribution in [0.2, 0.25) is 4.34 Å². The third-order valence-electron chi connectivity index (χ3n) is 7.97. The first-order chi connectivity index (χ1) is 18.1. The fourth-order valence-electron chi connectivity index (χ4n) is 6.12. The van der Waals surface area contributed by atoms with Crippen molar-refractivity contribution >= 4 is 56.4 Å². The van der Waals surface area contributed by atoms with Gasteiger partial charge in [0, 0.05) is 29.6 Å². The van der Waals surface area contributed by atoms with E-state index in [0.29, 0.717) is 45.3 Å². The summed E-state index contributed by atoms with van der Waals surface area (Å²) < 4.78 is 27.5. The Kier molecular flexibility index (Phi) is 8.61. The number of aliphatic hydroxyl groups excluding tert-OH is 1. The maximum absolute atomic E-state index is 13.6. The number of halogens is 2. The highest BCUT2D eigenvalue weighted by Gasteiger charge is 2.40. The number of nitrogens with zero attached hydrogens (tertiary/aromatic N) is 2. The first-order valence-corrected chi connectivity index (χ1v) is 15.8. The number of hydrogen-bond acceptors (Lipinski definition) is 10. The number of anilines is 1. The predicted molar refractivity (Wildman–Crippen MR) is 146 cm³/mol. The molecule has 1 saturated heterocycles. The average molecular weight is 605 g/mol. The molecule has 4 unspecified atom stereocenters. The topological polar surface area (TPSA) is 157 Å². The maximum atomic E-state index is 13.6. The number of thiophene rings is 1. The van der Waals surface area contributed by atoms with E-state index in [9.17, 15) is 18.3 Å². The highest BCUT2D eigenvalue weighted by Crippen LogP contribution is 2.47. The van der Waals surface area contributed by atoms with Crippen molar-refractivity contribution in [2.24, 2.45) is 22.9 Å². The molecule has 5 rings (SSSR count). The Hall–Kier alpha value is -1.38. The fraction of sp³-hybridized carbons (Fsp3) is 0.625. The van der Waals surface area contributed by atoms with E-state index >= 15 is 0 Å². The summed E-state index contributed by atoms with van der Waals surface area (Å²) in [7, 11) is -4.10. The van der Waals surface area contributed by atoms with Gasteiger partial charge in [0.2, 0.25) is 5.78 Å². The molecule has 38 heavy (non-hydrogen) atoms. The SMILES string of the molecule is NS(=O)(=O)OC[C@H]1C[C@@H](Nc2ncncc2C(=O)c2cc(C3NCCC4CCC(Cl)CC43)c(Cl)s2)C[C@@H]1O. The second-order valence-electron chi connectivity index (χ2n) is 10.4. The molecule has 1 aliphatic heterocycles. The van der Waals surface area contributed by atoms with E-state index in [-0.39, 0.29) is 29.9 Å². The number of nitrogens with two attached hydrogens (primary N) is 1. The molecule has 2 aromatic heterocycles. The molecule has 10 nitrogen and oxygen atoms in total. The Morgan fingerprint density at radius 3 is 2.89 bits per heavy atom. The fourth-order valence-corrected chi connectivity index (χ4v) is 8.13. The standard InChI is InChI=1S/C24H31Cl2N5O5S2/c25-14-2-1-12-3-4-29-21(16(12)6-14)17-8-20(37-23(17)26)22(33)18-9-28-11-30-24(18)31-15-5-13(19(32)7-15)10-36-38(27,34)35/h8-9,11-16,19,21,29,32H,1-7,10H2,(H2,27,34,35)(H,28,30,31)/t12?,13-,14?,15-,16?,19+,21?/m1/s1. The zero-order valence-electron chi connectivity index (χ0n) is 20.6. The van der Waals surface area contributed by atoms with E-state index in [1.807, 2.05) is 6.07 Å².